The smallest absolute Gasteiger partial charge is 0.221 e. The lowest BCUT2D eigenvalue weighted by Gasteiger charge is -2.35. The number of aromatic nitrogens is 2. The molecule has 0 aromatic carbocycles. The largest absolute Gasteiger partial charge is 0.388 e. The van der Waals surface area contributed by atoms with Crippen molar-refractivity contribution in [2.75, 3.05) is 17.6 Å². The Bertz CT molecular complexity index is 419. The zero-order valence-corrected chi connectivity index (χ0v) is 12.1. The molecule has 1 aliphatic rings. The first-order valence-corrected chi connectivity index (χ1v) is 7.02. The van der Waals surface area contributed by atoms with Gasteiger partial charge in [0.25, 0.3) is 0 Å². The fraction of sp³-hybridized carbons (Fsp3) is 0.667. The fourth-order valence-electron chi connectivity index (χ4n) is 2.23. The van der Waals surface area contributed by atoms with Gasteiger partial charge in [-0.25, -0.2) is 4.98 Å². The molecule has 0 bridgehead atoms. The molecule has 0 spiro atoms. The maximum absolute atomic E-state index is 10.5. The Balaban J connectivity index is 1.96. The van der Waals surface area contributed by atoms with Crippen LogP contribution in [0.4, 0.5) is 11.8 Å². The molecular formula is C12H19BrN4O. The molecule has 2 rings (SSSR count). The lowest BCUT2D eigenvalue weighted by molar-refractivity contribution is 0.00493. The monoisotopic (exact) mass is 314 g/mol. The number of nitrogens with two attached hydrogens (primary N) is 1. The van der Waals surface area contributed by atoms with E-state index in [0.29, 0.717) is 18.3 Å². The molecule has 0 aliphatic heterocycles. The minimum atomic E-state index is -0.633. The normalized spacial score (nSPS) is 28.1. The van der Waals surface area contributed by atoms with E-state index in [1.165, 1.54) is 0 Å². The predicted octanol–water partition coefficient (Wildman–Crippen LogP) is 2.17. The second-order valence-corrected chi connectivity index (χ2v) is 6.04. The maximum atomic E-state index is 10.5. The third kappa shape index (κ3) is 3.32. The van der Waals surface area contributed by atoms with Crippen LogP contribution in [0.5, 0.6) is 0 Å². The zero-order chi connectivity index (χ0) is 13.2. The molecule has 1 aromatic heterocycles. The molecular weight excluding hydrogens is 296 g/mol. The van der Waals surface area contributed by atoms with Gasteiger partial charge in [0.05, 0.1) is 10.1 Å². The van der Waals surface area contributed by atoms with E-state index in [4.69, 9.17) is 5.73 Å². The summed E-state index contributed by atoms with van der Waals surface area (Å²) in [5.74, 6) is 1.58. The molecule has 1 fully saturated rings. The Hall–Kier alpha value is -0.880. The van der Waals surface area contributed by atoms with E-state index in [9.17, 15) is 5.11 Å². The number of halogens is 1. The first kappa shape index (κ1) is 13.5. The van der Waals surface area contributed by atoms with Gasteiger partial charge in [-0.2, -0.15) is 4.98 Å². The number of aliphatic hydroxyl groups is 1. The molecule has 6 heteroatoms. The van der Waals surface area contributed by atoms with Crippen LogP contribution in [0.2, 0.25) is 0 Å². The predicted molar refractivity (Wildman–Crippen MR) is 75.2 cm³/mol. The molecule has 1 aromatic rings. The Morgan fingerprint density at radius 3 is 2.89 bits per heavy atom. The van der Waals surface area contributed by atoms with Crippen molar-refractivity contribution < 1.29 is 5.11 Å². The third-order valence-electron chi connectivity index (χ3n) is 3.55. The van der Waals surface area contributed by atoms with Crippen molar-refractivity contribution in [1.82, 2.24) is 9.97 Å². The molecule has 1 saturated carbocycles. The second-order valence-electron chi connectivity index (χ2n) is 5.19. The standard InChI is InChI=1S/C12H19BrN4O/c1-8-2-4-12(18,5-3-8)7-16-10-9(13)6-15-11(14)17-10/h6,8,18H,2-5,7H2,1H3,(H3,14,15,16,17). The van der Waals surface area contributed by atoms with Crippen molar-refractivity contribution in [2.45, 2.75) is 38.2 Å². The van der Waals surface area contributed by atoms with Crippen LogP contribution in [0, 0.1) is 5.92 Å². The topological polar surface area (TPSA) is 84.1 Å². The quantitative estimate of drug-likeness (QED) is 0.796. The minimum Gasteiger partial charge on any atom is -0.388 e. The van der Waals surface area contributed by atoms with Crippen LogP contribution in [0.25, 0.3) is 0 Å². The summed E-state index contributed by atoms with van der Waals surface area (Å²) in [6.07, 6.45) is 5.42. The van der Waals surface area contributed by atoms with Crippen LogP contribution in [0.3, 0.4) is 0 Å². The van der Waals surface area contributed by atoms with E-state index >= 15 is 0 Å². The van der Waals surface area contributed by atoms with E-state index in [1.54, 1.807) is 6.20 Å². The molecule has 18 heavy (non-hydrogen) atoms. The molecule has 5 nitrogen and oxygen atoms in total. The summed E-state index contributed by atoms with van der Waals surface area (Å²) in [7, 11) is 0. The first-order valence-electron chi connectivity index (χ1n) is 6.23. The summed E-state index contributed by atoms with van der Waals surface area (Å²) in [6, 6.07) is 0. The van der Waals surface area contributed by atoms with Gasteiger partial charge in [-0.3, -0.25) is 0 Å². The average Bonchev–Trinajstić information content (AvgIpc) is 2.35. The third-order valence-corrected chi connectivity index (χ3v) is 4.13. The summed E-state index contributed by atoms with van der Waals surface area (Å²) in [5, 5.41) is 13.6. The van der Waals surface area contributed by atoms with Crippen molar-refractivity contribution in [2.24, 2.45) is 5.92 Å². The van der Waals surface area contributed by atoms with Crippen molar-refractivity contribution in [3.8, 4) is 0 Å². The summed E-state index contributed by atoms with van der Waals surface area (Å²) < 4.78 is 0.754. The number of nitrogen functional groups attached to an aromatic ring is 1. The highest BCUT2D eigenvalue weighted by atomic mass is 79.9. The molecule has 100 valence electrons. The number of anilines is 2. The van der Waals surface area contributed by atoms with E-state index in [0.717, 1.165) is 30.2 Å². The van der Waals surface area contributed by atoms with E-state index in [2.05, 4.69) is 38.1 Å². The first-order chi connectivity index (χ1) is 8.48. The van der Waals surface area contributed by atoms with Crippen molar-refractivity contribution in [1.29, 1.82) is 0 Å². The van der Waals surface area contributed by atoms with Crippen LogP contribution in [-0.4, -0.2) is 27.2 Å². The van der Waals surface area contributed by atoms with Crippen LogP contribution in [-0.2, 0) is 0 Å². The van der Waals surface area contributed by atoms with Gasteiger partial charge in [-0.1, -0.05) is 6.92 Å². The van der Waals surface area contributed by atoms with Gasteiger partial charge in [0, 0.05) is 12.7 Å². The van der Waals surface area contributed by atoms with Gasteiger partial charge < -0.3 is 16.2 Å². The van der Waals surface area contributed by atoms with Gasteiger partial charge in [0.2, 0.25) is 5.95 Å². The highest BCUT2D eigenvalue weighted by Gasteiger charge is 2.31. The van der Waals surface area contributed by atoms with Crippen LogP contribution < -0.4 is 11.1 Å². The average molecular weight is 315 g/mol. The van der Waals surface area contributed by atoms with Crippen molar-refractivity contribution in [3.05, 3.63) is 10.7 Å². The van der Waals surface area contributed by atoms with Crippen molar-refractivity contribution >= 4 is 27.7 Å². The summed E-state index contributed by atoms with van der Waals surface area (Å²) in [4.78, 5) is 7.98. The van der Waals surface area contributed by atoms with E-state index in [1.807, 2.05) is 0 Å². The lowest BCUT2D eigenvalue weighted by atomic mass is 9.79. The highest BCUT2D eigenvalue weighted by Crippen LogP contribution is 2.32. The summed E-state index contributed by atoms with van der Waals surface area (Å²) >= 11 is 3.36. The SMILES string of the molecule is CC1CCC(O)(CNc2nc(N)ncc2Br)CC1. The minimum absolute atomic E-state index is 0.227. The molecule has 0 amide bonds. The summed E-state index contributed by atoms with van der Waals surface area (Å²) in [6.45, 7) is 2.73. The van der Waals surface area contributed by atoms with Gasteiger partial charge in [-0.05, 0) is 47.5 Å². The van der Waals surface area contributed by atoms with E-state index in [-0.39, 0.29) is 5.95 Å². The van der Waals surface area contributed by atoms with Crippen LogP contribution in [0.1, 0.15) is 32.6 Å². The van der Waals surface area contributed by atoms with Crippen molar-refractivity contribution in [3.63, 3.8) is 0 Å². The van der Waals surface area contributed by atoms with E-state index < -0.39 is 5.60 Å². The summed E-state index contributed by atoms with van der Waals surface area (Å²) in [5.41, 5.74) is 4.91. The van der Waals surface area contributed by atoms with Crippen LogP contribution >= 0.6 is 15.9 Å². The van der Waals surface area contributed by atoms with Gasteiger partial charge in [0.15, 0.2) is 0 Å². The molecule has 1 heterocycles. The Morgan fingerprint density at radius 2 is 2.22 bits per heavy atom. The fourth-order valence-corrected chi connectivity index (χ4v) is 2.56. The number of hydrogen-bond acceptors (Lipinski definition) is 5. The second kappa shape index (κ2) is 5.40. The molecule has 0 saturated heterocycles. The highest BCUT2D eigenvalue weighted by molar-refractivity contribution is 9.10. The molecule has 1 aliphatic carbocycles. The molecule has 4 N–H and O–H groups in total. The molecule has 0 radical (unpaired) electrons. The molecule has 0 atom stereocenters. The number of nitrogens with zero attached hydrogens (tertiary/aromatic N) is 2. The van der Waals surface area contributed by atoms with Gasteiger partial charge in [0.1, 0.15) is 5.82 Å². The number of hydrogen-bond donors (Lipinski definition) is 3. The Labute approximate surface area is 115 Å². The van der Waals surface area contributed by atoms with Crippen LogP contribution in [0.15, 0.2) is 10.7 Å². The molecule has 0 unspecified atom stereocenters. The van der Waals surface area contributed by atoms with Gasteiger partial charge >= 0.3 is 0 Å². The number of nitrogens with one attached hydrogen (secondary N) is 1. The Kier molecular flexibility index (Phi) is 4.07. The zero-order valence-electron chi connectivity index (χ0n) is 10.5. The maximum Gasteiger partial charge on any atom is 0.221 e. The number of rotatable bonds is 3. The van der Waals surface area contributed by atoms with Gasteiger partial charge in [-0.15, -0.1) is 0 Å². The Morgan fingerprint density at radius 1 is 1.56 bits per heavy atom. The lowest BCUT2D eigenvalue weighted by Crippen LogP contribution is -2.40.